The molecule has 4 rings (SSSR count). The van der Waals surface area contributed by atoms with Crippen LogP contribution >= 0.6 is 11.3 Å². The molecule has 2 amide bonds. The largest absolute Gasteiger partial charge is 0.374 e. The van der Waals surface area contributed by atoms with Crippen LogP contribution < -0.4 is 10.6 Å². The smallest absolute Gasteiger partial charge is 0.248 e. The summed E-state index contributed by atoms with van der Waals surface area (Å²) in [7, 11) is 0. The van der Waals surface area contributed by atoms with E-state index in [-0.39, 0.29) is 17.9 Å². The Morgan fingerprint density at radius 2 is 1.79 bits per heavy atom. The Kier molecular flexibility index (Phi) is 10.2. The van der Waals surface area contributed by atoms with E-state index in [0.29, 0.717) is 24.3 Å². The summed E-state index contributed by atoms with van der Waals surface area (Å²) in [5, 5.41) is 5.97. The number of halogens is 2. The first-order valence-corrected chi connectivity index (χ1v) is 14.3. The number of nitrogens with one attached hydrogen (secondary N) is 2. The van der Waals surface area contributed by atoms with Crippen LogP contribution in [0.1, 0.15) is 63.5 Å². The van der Waals surface area contributed by atoms with Crippen molar-refractivity contribution in [1.29, 1.82) is 0 Å². The molecule has 1 saturated carbocycles. The lowest BCUT2D eigenvalue weighted by Gasteiger charge is -2.22. The number of anilines is 1. The monoisotopic (exact) mass is 555 g/mol. The Bertz CT molecular complexity index is 1250. The number of rotatable bonds is 11. The predicted molar refractivity (Wildman–Crippen MR) is 149 cm³/mol. The fourth-order valence-corrected chi connectivity index (χ4v) is 5.70. The maximum absolute atomic E-state index is 13.5. The van der Waals surface area contributed by atoms with E-state index in [0.717, 1.165) is 47.0 Å². The van der Waals surface area contributed by atoms with Gasteiger partial charge in [-0.25, -0.2) is 13.8 Å². The van der Waals surface area contributed by atoms with Gasteiger partial charge < -0.3 is 15.4 Å². The molecule has 0 saturated heterocycles. The highest BCUT2D eigenvalue weighted by molar-refractivity contribution is 7.19. The summed E-state index contributed by atoms with van der Waals surface area (Å²) in [6.45, 7) is 4.42. The third kappa shape index (κ3) is 8.66. The molecule has 2 N–H and O–H groups in total. The van der Waals surface area contributed by atoms with Crippen molar-refractivity contribution in [3.63, 3.8) is 0 Å². The Balaban J connectivity index is 1.40. The number of amides is 2. The lowest BCUT2D eigenvalue weighted by molar-refractivity contribution is -0.126. The van der Waals surface area contributed by atoms with Crippen LogP contribution in [0.3, 0.4) is 0 Å². The number of aromatic nitrogens is 1. The topological polar surface area (TPSA) is 80.3 Å². The second-order valence-corrected chi connectivity index (χ2v) is 11.5. The molecule has 39 heavy (non-hydrogen) atoms. The van der Waals surface area contributed by atoms with Crippen molar-refractivity contribution in [2.45, 2.75) is 77.5 Å². The number of hydrogen-bond donors (Lipinski definition) is 2. The van der Waals surface area contributed by atoms with Gasteiger partial charge in [0.1, 0.15) is 17.7 Å². The molecule has 208 valence electrons. The van der Waals surface area contributed by atoms with Gasteiger partial charge in [0.2, 0.25) is 11.8 Å². The van der Waals surface area contributed by atoms with Crippen LogP contribution in [-0.4, -0.2) is 28.9 Å². The van der Waals surface area contributed by atoms with Gasteiger partial charge in [-0.3, -0.25) is 9.59 Å². The second-order valence-electron chi connectivity index (χ2n) is 10.5. The van der Waals surface area contributed by atoms with Gasteiger partial charge in [-0.15, -0.1) is 0 Å². The van der Waals surface area contributed by atoms with Gasteiger partial charge in [0.05, 0.1) is 24.0 Å². The molecule has 0 unspecified atom stereocenters. The van der Waals surface area contributed by atoms with E-state index in [9.17, 15) is 18.4 Å². The summed E-state index contributed by atoms with van der Waals surface area (Å²) in [5.74, 6) is -2.27. The predicted octanol–water partition coefficient (Wildman–Crippen LogP) is 6.65. The average Bonchev–Trinajstić information content (AvgIpc) is 3.35. The first kappa shape index (κ1) is 28.8. The maximum atomic E-state index is 13.5. The molecule has 2 aromatic carbocycles. The van der Waals surface area contributed by atoms with Crippen molar-refractivity contribution in [1.82, 2.24) is 10.3 Å². The van der Waals surface area contributed by atoms with Crippen molar-refractivity contribution in [2.24, 2.45) is 5.92 Å². The van der Waals surface area contributed by atoms with E-state index in [4.69, 9.17) is 4.74 Å². The van der Waals surface area contributed by atoms with E-state index >= 15 is 0 Å². The molecule has 1 aliphatic rings. The molecule has 1 atom stereocenters. The van der Waals surface area contributed by atoms with E-state index in [1.54, 1.807) is 6.20 Å². The van der Waals surface area contributed by atoms with Gasteiger partial charge in [0.15, 0.2) is 5.13 Å². The lowest BCUT2D eigenvalue weighted by Crippen LogP contribution is -2.45. The van der Waals surface area contributed by atoms with Crippen molar-refractivity contribution >= 4 is 28.3 Å². The molecule has 1 aliphatic carbocycles. The number of benzene rings is 2. The first-order valence-electron chi connectivity index (χ1n) is 13.5. The summed E-state index contributed by atoms with van der Waals surface area (Å²) in [6, 6.07) is 10.2. The van der Waals surface area contributed by atoms with Crippen molar-refractivity contribution in [3.8, 4) is 10.4 Å². The fourth-order valence-electron chi connectivity index (χ4n) is 4.82. The summed E-state index contributed by atoms with van der Waals surface area (Å²) in [4.78, 5) is 31.1. The summed E-state index contributed by atoms with van der Waals surface area (Å²) in [6.07, 6.45) is 8.10. The lowest BCUT2D eigenvalue weighted by atomic mass is 9.97. The van der Waals surface area contributed by atoms with E-state index in [1.165, 1.54) is 30.6 Å². The Labute approximate surface area is 232 Å². The minimum Gasteiger partial charge on any atom is -0.374 e. The highest BCUT2D eigenvalue weighted by Gasteiger charge is 2.24. The van der Waals surface area contributed by atoms with Crippen LogP contribution in [0.4, 0.5) is 13.9 Å². The zero-order valence-electron chi connectivity index (χ0n) is 22.3. The standard InChI is InChI=1S/C30H35F2N3O3S/c1-19(2)12-26(34-28(36)15-20-13-22(31)16-23(32)14-20)29(37)35-30-33-17-27(39-30)25-11-7-6-8-21(25)18-38-24-9-4-3-5-10-24/h6-8,11,13-14,16-17,19,24,26H,3-5,9-10,12,15,18H2,1-2H3,(H,34,36)(H,33,35,37)/t26-/m0/s1. The highest BCUT2D eigenvalue weighted by atomic mass is 32.1. The fraction of sp³-hybridized carbons (Fsp3) is 0.433. The zero-order valence-corrected chi connectivity index (χ0v) is 23.2. The molecular formula is C30H35F2N3O3S. The molecular weight excluding hydrogens is 520 g/mol. The molecule has 0 radical (unpaired) electrons. The van der Waals surface area contributed by atoms with Crippen LogP contribution in [-0.2, 0) is 27.4 Å². The molecule has 9 heteroatoms. The van der Waals surface area contributed by atoms with Gasteiger partial charge in [-0.2, -0.15) is 0 Å². The van der Waals surface area contributed by atoms with E-state index < -0.39 is 29.5 Å². The van der Waals surface area contributed by atoms with Gasteiger partial charge in [0.25, 0.3) is 0 Å². The molecule has 1 aromatic heterocycles. The van der Waals surface area contributed by atoms with Gasteiger partial charge >= 0.3 is 0 Å². The van der Waals surface area contributed by atoms with Crippen LogP contribution in [0.5, 0.6) is 0 Å². The van der Waals surface area contributed by atoms with Gasteiger partial charge in [0, 0.05) is 12.3 Å². The molecule has 0 bridgehead atoms. The zero-order chi connectivity index (χ0) is 27.8. The van der Waals surface area contributed by atoms with Crippen LogP contribution in [0, 0.1) is 17.6 Å². The maximum Gasteiger partial charge on any atom is 0.248 e. The van der Waals surface area contributed by atoms with Gasteiger partial charge in [-0.1, -0.05) is 68.7 Å². The number of hydrogen-bond acceptors (Lipinski definition) is 5. The summed E-state index contributed by atoms with van der Waals surface area (Å²) >= 11 is 1.36. The molecule has 0 aliphatic heterocycles. The van der Waals surface area contributed by atoms with Crippen molar-refractivity contribution < 1.29 is 23.1 Å². The van der Waals surface area contributed by atoms with Crippen LogP contribution in [0.15, 0.2) is 48.7 Å². The number of carbonyl (C=O) groups excluding carboxylic acids is 2. The molecule has 0 spiro atoms. The van der Waals surface area contributed by atoms with E-state index in [1.807, 2.05) is 32.0 Å². The molecule has 3 aromatic rings. The number of carbonyl (C=O) groups is 2. The van der Waals surface area contributed by atoms with Crippen LogP contribution in [0.2, 0.25) is 0 Å². The Morgan fingerprint density at radius 3 is 2.51 bits per heavy atom. The Morgan fingerprint density at radius 1 is 1.08 bits per heavy atom. The number of ether oxygens (including phenoxy) is 1. The Hall–Kier alpha value is -3.17. The highest BCUT2D eigenvalue weighted by Crippen LogP contribution is 2.32. The number of thiazole rings is 1. The van der Waals surface area contributed by atoms with E-state index in [2.05, 4.69) is 21.7 Å². The summed E-state index contributed by atoms with van der Waals surface area (Å²) in [5.41, 5.74) is 2.29. The third-order valence-electron chi connectivity index (χ3n) is 6.69. The first-order chi connectivity index (χ1) is 18.8. The van der Waals surface area contributed by atoms with Crippen molar-refractivity contribution in [2.75, 3.05) is 5.32 Å². The normalized spacial score (nSPS) is 14.8. The third-order valence-corrected chi connectivity index (χ3v) is 7.64. The minimum atomic E-state index is -0.820. The molecule has 6 nitrogen and oxygen atoms in total. The SMILES string of the molecule is CC(C)C[C@H](NC(=O)Cc1cc(F)cc(F)c1)C(=O)Nc1ncc(-c2ccccc2COC2CCCCC2)s1. The van der Waals surface area contributed by atoms with Crippen LogP contribution in [0.25, 0.3) is 10.4 Å². The second kappa shape index (κ2) is 13.8. The average molecular weight is 556 g/mol. The summed E-state index contributed by atoms with van der Waals surface area (Å²) < 4.78 is 33.2. The quantitative estimate of drug-likeness (QED) is 0.278. The van der Waals surface area contributed by atoms with Crippen molar-refractivity contribution in [3.05, 3.63) is 71.4 Å². The number of nitrogens with zero attached hydrogens (tertiary/aromatic N) is 1. The molecule has 1 fully saturated rings. The minimum absolute atomic E-state index is 0.121. The molecule has 1 heterocycles. The van der Waals surface area contributed by atoms with Gasteiger partial charge in [-0.05, 0) is 54.0 Å².